The second kappa shape index (κ2) is 4.78. The predicted octanol–water partition coefficient (Wildman–Crippen LogP) is 0.128. The van der Waals surface area contributed by atoms with Crippen LogP contribution in [-0.2, 0) is 22.6 Å². The first-order valence-electron chi connectivity index (χ1n) is 6.50. The molecule has 0 unspecified atom stereocenters. The zero-order valence-corrected chi connectivity index (χ0v) is 11.2. The monoisotopic (exact) mass is 280 g/mol. The molecule has 8 heteroatoms. The molecule has 1 fully saturated rings. The van der Waals surface area contributed by atoms with Gasteiger partial charge in [-0.1, -0.05) is 0 Å². The van der Waals surface area contributed by atoms with Crippen LogP contribution in [0.15, 0.2) is 6.20 Å². The van der Waals surface area contributed by atoms with E-state index in [-0.39, 0.29) is 25.1 Å². The van der Waals surface area contributed by atoms with Crippen LogP contribution < -0.4 is 4.90 Å². The van der Waals surface area contributed by atoms with Gasteiger partial charge in [0, 0.05) is 6.54 Å². The number of anilines is 1. The number of hydrogen-bond donors (Lipinski definition) is 1. The number of nitrogens with zero attached hydrogens (tertiary/aromatic N) is 4. The molecule has 108 valence electrons. The Morgan fingerprint density at radius 2 is 2.35 bits per heavy atom. The van der Waals surface area contributed by atoms with E-state index in [0.29, 0.717) is 25.4 Å². The van der Waals surface area contributed by atoms with Gasteiger partial charge in [-0.25, -0.2) is 4.79 Å². The fourth-order valence-electron chi connectivity index (χ4n) is 2.64. The topological polar surface area (TPSA) is 87.9 Å². The van der Waals surface area contributed by atoms with Crippen LogP contribution in [0.5, 0.6) is 0 Å². The van der Waals surface area contributed by atoms with Crippen molar-refractivity contribution >= 4 is 17.7 Å². The molecule has 2 amide bonds. The lowest BCUT2D eigenvalue weighted by atomic mass is 10.2. The minimum atomic E-state index is -0.954. The van der Waals surface area contributed by atoms with Crippen LogP contribution in [0, 0.1) is 0 Å². The van der Waals surface area contributed by atoms with E-state index in [2.05, 4.69) is 5.10 Å². The fourth-order valence-corrected chi connectivity index (χ4v) is 2.64. The van der Waals surface area contributed by atoms with Crippen molar-refractivity contribution in [2.24, 2.45) is 0 Å². The molecule has 1 saturated heterocycles. The first kappa shape index (κ1) is 12.9. The number of carboxylic acid groups (broad SMARTS) is 1. The van der Waals surface area contributed by atoms with E-state index in [0.717, 1.165) is 5.69 Å². The highest BCUT2D eigenvalue weighted by Crippen LogP contribution is 2.27. The zero-order valence-electron chi connectivity index (χ0n) is 11.2. The lowest BCUT2D eigenvalue weighted by Crippen LogP contribution is -2.46. The molecule has 2 aliphatic rings. The number of aromatic nitrogens is 2. The molecule has 8 nitrogen and oxygen atoms in total. The van der Waals surface area contributed by atoms with E-state index in [9.17, 15) is 14.7 Å². The summed E-state index contributed by atoms with van der Waals surface area (Å²) in [7, 11) is 0. The van der Waals surface area contributed by atoms with Gasteiger partial charge in [-0.2, -0.15) is 5.10 Å². The van der Waals surface area contributed by atoms with Crippen molar-refractivity contribution in [1.82, 2.24) is 14.7 Å². The number of hydrogen-bond acceptors (Lipinski definition) is 4. The highest BCUT2D eigenvalue weighted by atomic mass is 16.5. The summed E-state index contributed by atoms with van der Waals surface area (Å²) in [4.78, 5) is 26.1. The summed E-state index contributed by atoms with van der Waals surface area (Å²) in [6.07, 6.45) is 0.681. The Balaban J connectivity index is 1.93. The quantitative estimate of drug-likeness (QED) is 0.790. The van der Waals surface area contributed by atoms with Crippen molar-refractivity contribution < 1.29 is 19.4 Å². The molecule has 1 aromatic heterocycles. The van der Waals surface area contributed by atoms with E-state index in [1.165, 1.54) is 4.90 Å². The molecular weight excluding hydrogens is 264 g/mol. The van der Waals surface area contributed by atoms with Gasteiger partial charge >= 0.3 is 6.09 Å². The summed E-state index contributed by atoms with van der Waals surface area (Å²) in [6, 6.07) is -0.131. The maximum atomic E-state index is 11.9. The average Bonchev–Trinajstić information content (AvgIpc) is 2.80. The normalized spacial score (nSPS) is 22.9. The van der Waals surface area contributed by atoms with Gasteiger partial charge in [-0.05, 0) is 6.92 Å². The molecule has 2 aliphatic heterocycles. The summed E-state index contributed by atoms with van der Waals surface area (Å²) in [5.41, 5.74) is 1.46. The third-order valence-corrected chi connectivity index (χ3v) is 3.74. The molecule has 0 saturated carbocycles. The van der Waals surface area contributed by atoms with Crippen molar-refractivity contribution in [3.8, 4) is 0 Å². The van der Waals surface area contributed by atoms with Gasteiger partial charge in [0.2, 0.25) is 0 Å². The first-order chi connectivity index (χ1) is 9.58. The molecule has 0 radical (unpaired) electrons. The number of carbonyl (C=O) groups excluding carboxylic acids is 1. The number of amides is 2. The van der Waals surface area contributed by atoms with Crippen molar-refractivity contribution in [2.75, 3.05) is 24.7 Å². The van der Waals surface area contributed by atoms with Gasteiger partial charge < -0.3 is 14.7 Å². The third kappa shape index (κ3) is 2.01. The minimum absolute atomic E-state index is 0.0592. The van der Waals surface area contributed by atoms with E-state index < -0.39 is 6.09 Å². The van der Waals surface area contributed by atoms with Crippen LogP contribution in [0.4, 0.5) is 10.5 Å². The van der Waals surface area contributed by atoms with Crippen LogP contribution in [-0.4, -0.2) is 57.6 Å². The Morgan fingerprint density at radius 1 is 1.55 bits per heavy atom. The number of rotatable bonds is 1. The van der Waals surface area contributed by atoms with Gasteiger partial charge in [-0.3, -0.25) is 14.4 Å². The van der Waals surface area contributed by atoms with Crippen LogP contribution in [0.1, 0.15) is 12.6 Å². The van der Waals surface area contributed by atoms with E-state index in [1.807, 2.05) is 6.92 Å². The lowest BCUT2D eigenvalue weighted by Gasteiger charge is -2.34. The molecule has 0 aliphatic carbocycles. The number of fused-ring (bicyclic) bond motifs is 1. The number of carbonyl (C=O) groups is 2. The molecule has 0 spiro atoms. The molecule has 3 heterocycles. The van der Waals surface area contributed by atoms with Crippen LogP contribution in [0.2, 0.25) is 0 Å². The van der Waals surface area contributed by atoms with Crippen LogP contribution in [0.25, 0.3) is 0 Å². The Kier molecular flexibility index (Phi) is 3.09. The maximum Gasteiger partial charge on any atom is 0.407 e. The van der Waals surface area contributed by atoms with Crippen molar-refractivity contribution in [2.45, 2.75) is 26.1 Å². The predicted molar refractivity (Wildman–Crippen MR) is 68.4 cm³/mol. The standard InChI is InChI=1S/C12H16N4O4/c1-8-5-16-10(6-15(8)12(18)19)9(4-13-16)14-2-3-20-7-11(14)17/h4,8H,2-3,5-7H2,1H3,(H,18,19)/t8-/m0/s1. The molecule has 0 aromatic carbocycles. The maximum absolute atomic E-state index is 11.9. The average molecular weight is 280 g/mol. The van der Waals surface area contributed by atoms with Crippen molar-refractivity contribution in [1.29, 1.82) is 0 Å². The minimum Gasteiger partial charge on any atom is -0.465 e. The molecule has 1 aromatic rings. The molecule has 20 heavy (non-hydrogen) atoms. The van der Waals surface area contributed by atoms with Gasteiger partial charge in [0.05, 0.1) is 43.3 Å². The van der Waals surface area contributed by atoms with Crippen molar-refractivity contribution in [3.63, 3.8) is 0 Å². The second-order valence-electron chi connectivity index (χ2n) is 5.02. The van der Waals surface area contributed by atoms with Crippen LogP contribution >= 0.6 is 0 Å². The highest BCUT2D eigenvalue weighted by molar-refractivity contribution is 5.95. The largest absolute Gasteiger partial charge is 0.465 e. The summed E-state index contributed by atoms with van der Waals surface area (Å²) in [5.74, 6) is -0.118. The Hall–Kier alpha value is -2.09. The molecule has 3 rings (SSSR count). The van der Waals surface area contributed by atoms with Gasteiger partial charge in [0.15, 0.2) is 0 Å². The summed E-state index contributed by atoms with van der Waals surface area (Å²) in [6.45, 7) is 3.61. The molecule has 0 bridgehead atoms. The van der Waals surface area contributed by atoms with Crippen molar-refractivity contribution in [3.05, 3.63) is 11.9 Å². The highest BCUT2D eigenvalue weighted by Gasteiger charge is 2.32. The molecule has 1 N–H and O–H groups in total. The first-order valence-corrected chi connectivity index (χ1v) is 6.50. The molecular formula is C12H16N4O4. The van der Waals surface area contributed by atoms with E-state index in [4.69, 9.17) is 4.74 Å². The third-order valence-electron chi connectivity index (χ3n) is 3.74. The van der Waals surface area contributed by atoms with E-state index in [1.54, 1.807) is 15.8 Å². The summed E-state index contributed by atoms with van der Waals surface area (Å²) < 4.78 is 6.89. The van der Waals surface area contributed by atoms with Gasteiger partial charge in [0.1, 0.15) is 6.61 Å². The summed E-state index contributed by atoms with van der Waals surface area (Å²) >= 11 is 0. The Morgan fingerprint density at radius 3 is 3.05 bits per heavy atom. The van der Waals surface area contributed by atoms with Gasteiger partial charge in [0.25, 0.3) is 5.91 Å². The fraction of sp³-hybridized carbons (Fsp3) is 0.583. The smallest absolute Gasteiger partial charge is 0.407 e. The van der Waals surface area contributed by atoms with Crippen LogP contribution in [0.3, 0.4) is 0 Å². The lowest BCUT2D eigenvalue weighted by molar-refractivity contribution is -0.125. The number of morpholine rings is 1. The molecule has 1 atom stereocenters. The SMILES string of the molecule is C[C@H]1Cn2ncc(N3CCOCC3=O)c2CN1C(=O)O. The van der Waals surface area contributed by atoms with Gasteiger partial charge in [-0.15, -0.1) is 0 Å². The number of ether oxygens (including phenoxy) is 1. The Bertz CT molecular complexity index is 556. The second-order valence-corrected chi connectivity index (χ2v) is 5.02. The Labute approximate surface area is 115 Å². The summed E-state index contributed by atoms with van der Waals surface area (Å²) in [5, 5.41) is 13.5. The van der Waals surface area contributed by atoms with E-state index >= 15 is 0 Å². The zero-order chi connectivity index (χ0) is 14.3.